The van der Waals surface area contributed by atoms with Crippen LogP contribution in [-0.4, -0.2) is 69.6 Å². The molecule has 0 amide bonds. The Morgan fingerprint density at radius 3 is 2.86 bits per heavy atom. The summed E-state index contributed by atoms with van der Waals surface area (Å²) in [4.78, 5) is 1.91. The molecule has 9 heteroatoms. The van der Waals surface area contributed by atoms with Crippen molar-refractivity contribution in [3.05, 3.63) is 12.4 Å². The highest BCUT2D eigenvalue weighted by Crippen LogP contribution is 2.22. The van der Waals surface area contributed by atoms with Crippen LogP contribution in [0.4, 0.5) is 13.2 Å². The second kappa shape index (κ2) is 6.71. The quantitative estimate of drug-likeness (QED) is 0.783. The van der Waals surface area contributed by atoms with E-state index in [1.165, 1.54) is 6.20 Å². The average Bonchev–Trinajstić information content (AvgIpc) is 2.86. The Kier molecular flexibility index (Phi) is 5.17. The van der Waals surface area contributed by atoms with Crippen LogP contribution in [0.5, 0.6) is 0 Å². The van der Waals surface area contributed by atoms with Crippen LogP contribution in [-0.2, 0) is 11.3 Å². The van der Waals surface area contributed by atoms with E-state index < -0.39 is 18.4 Å². The average molecular weight is 308 g/mol. The first kappa shape index (κ1) is 16.2. The maximum absolute atomic E-state index is 12.0. The van der Waals surface area contributed by atoms with Crippen molar-refractivity contribution in [1.29, 1.82) is 0 Å². The molecule has 1 aliphatic heterocycles. The third-order valence-corrected chi connectivity index (χ3v) is 3.38. The highest BCUT2D eigenvalue weighted by molar-refractivity contribution is 4.87. The summed E-state index contributed by atoms with van der Waals surface area (Å²) in [6.07, 6.45) is 0.325. The third-order valence-electron chi connectivity index (χ3n) is 3.38. The van der Waals surface area contributed by atoms with Gasteiger partial charge in [0, 0.05) is 19.3 Å². The molecule has 1 unspecified atom stereocenters. The number of aliphatic hydroxyl groups is 1. The topological polar surface area (TPSA) is 63.4 Å². The molecule has 1 aromatic heterocycles. The van der Waals surface area contributed by atoms with E-state index in [-0.39, 0.29) is 6.61 Å². The molecule has 1 aliphatic rings. The van der Waals surface area contributed by atoms with Gasteiger partial charge in [0.25, 0.3) is 0 Å². The van der Waals surface area contributed by atoms with Gasteiger partial charge in [0.05, 0.1) is 24.9 Å². The van der Waals surface area contributed by atoms with Crippen LogP contribution >= 0.6 is 0 Å². The van der Waals surface area contributed by atoms with Crippen LogP contribution in [0.25, 0.3) is 0 Å². The maximum Gasteiger partial charge on any atom is 0.411 e. The molecular weight excluding hydrogens is 289 g/mol. The van der Waals surface area contributed by atoms with Gasteiger partial charge in [-0.15, -0.1) is 5.10 Å². The van der Waals surface area contributed by atoms with E-state index >= 15 is 0 Å². The summed E-state index contributed by atoms with van der Waals surface area (Å²) in [5.41, 5.74) is -0.935. The molecule has 0 aromatic carbocycles. The molecule has 6 nitrogen and oxygen atoms in total. The Bertz CT molecular complexity index is 427. The molecule has 1 atom stereocenters. The number of halogens is 3. The number of nitrogens with zero attached hydrogens (tertiary/aromatic N) is 4. The monoisotopic (exact) mass is 308 g/mol. The Morgan fingerprint density at radius 2 is 2.19 bits per heavy atom. The van der Waals surface area contributed by atoms with Gasteiger partial charge >= 0.3 is 6.18 Å². The van der Waals surface area contributed by atoms with E-state index in [1.807, 2.05) is 4.90 Å². The highest BCUT2D eigenvalue weighted by Gasteiger charge is 2.34. The Hall–Kier alpha value is -1.19. The lowest BCUT2D eigenvalue weighted by molar-refractivity contribution is -0.175. The van der Waals surface area contributed by atoms with E-state index in [2.05, 4.69) is 15.0 Å². The number of likely N-dealkylation sites (tertiary alicyclic amines) is 1. The molecule has 21 heavy (non-hydrogen) atoms. The van der Waals surface area contributed by atoms with Gasteiger partial charge in [-0.3, -0.25) is 4.90 Å². The van der Waals surface area contributed by atoms with Gasteiger partial charge in [0.15, 0.2) is 0 Å². The predicted molar refractivity (Wildman–Crippen MR) is 67.5 cm³/mol. The summed E-state index contributed by atoms with van der Waals surface area (Å²) in [6, 6.07) is 0. The lowest BCUT2D eigenvalue weighted by Gasteiger charge is -2.39. The molecule has 0 spiro atoms. The van der Waals surface area contributed by atoms with E-state index in [9.17, 15) is 18.3 Å². The van der Waals surface area contributed by atoms with Gasteiger partial charge in [0.2, 0.25) is 0 Å². The smallest absolute Gasteiger partial charge is 0.387 e. The van der Waals surface area contributed by atoms with Crippen molar-refractivity contribution in [3.8, 4) is 0 Å². The van der Waals surface area contributed by atoms with Crippen LogP contribution in [0.3, 0.4) is 0 Å². The molecule has 1 aromatic rings. The van der Waals surface area contributed by atoms with Crippen LogP contribution in [0.2, 0.25) is 0 Å². The predicted octanol–water partition coefficient (Wildman–Crippen LogP) is 0.684. The molecular formula is C12H19F3N4O2. The number of aromatic nitrogens is 3. The zero-order chi connectivity index (χ0) is 15.3. The van der Waals surface area contributed by atoms with Crippen LogP contribution < -0.4 is 0 Å². The second-order valence-corrected chi connectivity index (χ2v) is 5.37. The van der Waals surface area contributed by atoms with E-state index in [0.717, 1.165) is 13.0 Å². The van der Waals surface area contributed by atoms with E-state index in [4.69, 9.17) is 0 Å². The second-order valence-electron chi connectivity index (χ2n) is 5.37. The van der Waals surface area contributed by atoms with Crippen LogP contribution in [0.1, 0.15) is 12.8 Å². The summed E-state index contributed by atoms with van der Waals surface area (Å²) in [5, 5.41) is 18.1. The van der Waals surface area contributed by atoms with Gasteiger partial charge in [0.1, 0.15) is 6.61 Å². The molecule has 1 saturated heterocycles. The van der Waals surface area contributed by atoms with Crippen molar-refractivity contribution in [3.63, 3.8) is 0 Å². The molecule has 0 radical (unpaired) electrons. The summed E-state index contributed by atoms with van der Waals surface area (Å²) >= 11 is 0. The molecule has 120 valence electrons. The number of ether oxygens (including phenoxy) is 1. The van der Waals surface area contributed by atoms with Crippen molar-refractivity contribution in [2.45, 2.75) is 31.2 Å². The molecule has 0 aliphatic carbocycles. The molecule has 1 N–H and O–H groups in total. The SMILES string of the molecule is OC1(Cn2ccnn2)CCCN(CCOCC(F)(F)F)C1. The van der Waals surface area contributed by atoms with Gasteiger partial charge in [-0.2, -0.15) is 13.2 Å². The van der Waals surface area contributed by atoms with Crippen molar-refractivity contribution in [1.82, 2.24) is 19.9 Å². The first-order valence-electron chi connectivity index (χ1n) is 6.80. The number of rotatable bonds is 6. The van der Waals surface area contributed by atoms with Gasteiger partial charge < -0.3 is 9.84 Å². The minimum absolute atomic E-state index is 0.00108. The van der Waals surface area contributed by atoms with Crippen molar-refractivity contribution < 1.29 is 23.0 Å². The number of hydrogen-bond acceptors (Lipinski definition) is 5. The van der Waals surface area contributed by atoms with Crippen LogP contribution in [0, 0.1) is 0 Å². The summed E-state index contributed by atoms with van der Waals surface area (Å²) < 4.78 is 42.0. The summed E-state index contributed by atoms with van der Waals surface area (Å²) in [7, 11) is 0. The molecule has 2 rings (SSSR count). The van der Waals surface area contributed by atoms with Crippen molar-refractivity contribution in [2.24, 2.45) is 0 Å². The maximum atomic E-state index is 12.0. The molecule has 0 saturated carbocycles. The fourth-order valence-corrected chi connectivity index (χ4v) is 2.53. The number of piperidine rings is 1. The fraction of sp³-hybridized carbons (Fsp3) is 0.833. The summed E-state index contributed by atoms with van der Waals surface area (Å²) in [6.45, 7) is 0.600. The number of β-amino-alcohol motifs (C(OH)–C–C–N with tert-alkyl or cyclic N) is 1. The van der Waals surface area contributed by atoms with E-state index in [1.54, 1.807) is 10.9 Å². The fourth-order valence-electron chi connectivity index (χ4n) is 2.53. The Morgan fingerprint density at radius 1 is 1.38 bits per heavy atom. The third kappa shape index (κ3) is 5.60. The zero-order valence-corrected chi connectivity index (χ0v) is 11.6. The normalized spacial score (nSPS) is 24.4. The highest BCUT2D eigenvalue weighted by atomic mass is 19.4. The summed E-state index contributed by atoms with van der Waals surface area (Å²) in [5.74, 6) is 0. The Labute approximate surface area is 120 Å². The first-order valence-corrected chi connectivity index (χ1v) is 6.80. The van der Waals surface area contributed by atoms with Crippen LogP contribution in [0.15, 0.2) is 12.4 Å². The van der Waals surface area contributed by atoms with Crippen molar-refractivity contribution >= 4 is 0 Å². The molecule has 0 bridgehead atoms. The number of alkyl halides is 3. The van der Waals surface area contributed by atoms with Gasteiger partial charge in [-0.25, -0.2) is 4.68 Å². The minimum Gasteiger partial charge on any atom is -0.387 e. The Balaban J connectivity index is 1.75. The van der Waals surface area contributed by atoms with Gasteiger partial charge in [-0.1, -0.05) is 5.21 Å². The number of hydrogen-bond donors (Lipinski definition) is 1. The first-order chi connectivity index (χ1) is 9.86. The molecule has 1 fully saturated rings. The van der Waals surface area contributed by atoms with Crippen molar-refractivity contribution in [2.75, 3.05) is 32.8 Å². The van der Waals surface area contributed by atoms with E-state index in [0.29, 0.717) is 26.1 Å². The largest absolute Gasteiger partial charge is 0.411 e. The zero-order valence-electron chi connectivity index (χ0n) is 11.6. The minimum atomic E-state index is -4.30. The lowest BCUT2D eigenvalue weighted by Crippen LogP contribution is -2.51. The standard InChI is InChI=1S/C12H19F3N4O2/c13-12(14,15)10-21-7-6-18-4-1-2-11(20,8-18)9-19-5-3-16-17-19/h3,5,20H,1-2,4,6-10H2. The lowest BCUT2D eigenvalue weighted by atomic mass is 9.93. The van der Waals surface area contributed by atoms with Gasteiger partial charge in [-0.05, 0) is 19.4 Å². The molecule has 2 heterocycles.